The average molecular weight is 348 g/mol. The van der Waals surface area contributed by atoms with Crippen molar-refractivity contribution in [2.45, 2.75) is 6.92 Å². The number of hydrogen-bond donors (Lipinski definition) is 2. The molecule has 0 aliphatic rings. The summed E-state index contributed by atoms with van der Waals surface area (Å²) in [5.74, 6) is 0.405. The molecule has 0 fully saturated rings. The van der Waals surface area contributed by atoms with Gasteiger partial charge in [0.05, 0.1) is 30.4 Å². The summed E-state index contributed by atoms with van der Waals surface area (Å²) in [5.41, 5.74) is 2.92. The molecule has 0 aliphatic carbocycles. The highest BCUT2D eigenvalue weighted by atomic mass is 16.5. The number of fused-ring (bicyclic) bond motifs is 1. The lowest BCUT2D eigenvalue weighted by atomic mass is 10.1. The second-order valence-corrected chi connectivity index (χ2v) is 5.49. The normalized spacial score (nSPS) is 10.8. The fourth-order valence-corrected chi connectivity index (χ4v) is 2.72. The molecule has 4 aromatic rings. The number of rotatable bonds is 5. The number of aromatic nitrogens is 5. The molecule has 8 nitrogen and oxygen atoms in total. The summed E-state index contributed by atoms with van der Waals surface area (Å²) in [4.78, 5) is 16.9. The Kier molecular flexibility index (Phi) is 4.06. The lowest BCUT2D eigenvalue weighted by Crippen LogP contribution is -2.12. The van der Waals surface area contributed by atoms with E-state index >= 15 is 0 Å². The highest BCUT2D eigenvalue weighted by Gasteiger charge is 2.18. The lowest BCUT2D eigenvalue weighted by molar-refractivity contribution is 0.102. The van der Waals surface area contributed by atoms with Crippen LogP contribution in [0.4, 0.5) is 5.69 Å². The SMILES string of the molecule is CCOc1ccccc1-c1[nH]ncc1NC(=O)c1cnn2cccnc12. The summed E-state index contributed by atoms with van der Waals surface area (Å²) in [6.07, 6.45) is 6.41. The fourth-order valence-electron chi connectivity index (χ4n) is 2.72. The summed E-state index contributed by atoms with van der Waals surface area (Å²) in [7, 11) is 0. The van der Waals surface area contributed by atoms with Gasteiger partial charge >= 0.3 is 0 Å². The van der Waals surface area contributed by atoms with Gasteiger partial charge < -0.3 is 10.1 Å². The van der Waals surface area contributed by atoms with Crippen molar-refractivity contribution in [1.29, 1.82) is 0 Å². The molecular weight excluding hydrogens is 332 g/mol. The van der Waals surface area contributed by atoms with Gasteiger partial charge in [-0.3, -0.25) is 9.89 Å². The Bertz CT molecular complexity index is 1070. The first kappa shape index (κ1) is 15.8. The molecule has 4 rings (SSSR count). The maximum absolute atomic E-state index is 12.7. The third kappa shape index (κ3) is 2.77. The molecule has 0 bridgehead atoms. The van der Waals surface area contributed by atoms with E-state index in [0.717, 1.165) is 5.56 Å². The molecule has 0 unspecified atom stereocenters. The molecule has 0 saturated heterocycles. The molecule has 3 heterocycles. The number of carbonyl (C=O) groups excluding carboxylic acids is 1. The van der Waals surface area contributed by atoms with Crippen molar-refractivity contribution in [3.63, 3.8) is 0 Å². The number of anilines is 1. The summed E-state index contributed by atoms with van der Waals surface area (Å²) in [5, 5.41) is 14.0. The van der Waals surface area contributed by atoms with Crippen molar-refractivity contribution >= 4 is 17.2 Å². The van der Waals surface area contributed by atoms with Gasteiger partial charge in [0.15, 0.2) is 5.65 Å². The van der Waals surface area contributed by atoms with Gasteiger partial charge in [-0.15, -0.1) is 0 Å². The first-order chi connectivity index (χ1) is 12.8. The Morgan fingerprint density at radius 3 is 3.04 bits per heavy atom. The third-order valence-electron chi connectivity index (χ3n) is 3.87. The highest BCUT2D eigenvalue weighted by Crippen LogP contribution is 2.33. The van der Waals surface area contributed by atoms with Crippen LogP contribution in [0.25, 0.3) is 16.9 Å². The summed E-state index contributed by atoms with van der Waals surface area (Å²) >= 11 is 0. The van der Waals surface area contributed by atoms with E-state index in [4.69, 9.17) is 4.74 Å². The Balaban J connectivity index is 1.67. The molecule has 0 aliphatic heterocycles. The number of nitrogens with zero attached hydrogens (tertiary/aromatic N) is 4. The second kappa shape index (κ2) is 6.67. The van der Waals surface area contributed by atoms with Crippen LogP contribution in [-0.2, 0) is 0 Å². The van der Waals surface area contributed by atoms with E-state index in [1.165, 1.54) is 6.20 Å². The number of ether oxygens (including phenoxy) is 1. The summed E-state index contributed by atoms with van der Waals surface area (Å²) in [6, 6.07) is 9.33. The van der Waals surface area contributed by atoms with Crippen LogP contribution in [0.5, 0.6) is 5.75 Å². The molecule has 130 valence electrons. The van der Waals surface area contributed by atoms with Gasteiger partial charge in [0, 0.05) is 18.0 Å². The van der Waals surface area contributed by atoms with Gasteiger partial charge in [-0.1, -0.05) is 12.1 Å². The van der Waals surface area contributed by atoms with E-state index in [9.17, 15) is 4.79 Å². The molecule has 8 heteroatoms. The molecule has 0 radical (unpaired) electrons. The predicted molar refractivity (Wildman–Crippen MR) is 96.1 cm³/mol. The monoisotopic (exact) mass is 348 g/mol. The summed E-state index contributed by atoms with van der Waals surface area (Å²) in [6.45, 7) is 2.46. The molecule has 1 amide bonds. The number of benzene rings is 1. The number of para-hydroxylation sites is 1. The van der Waals surface area contributed by atoms with Crippen LogP contribution in [0, 0.1) is 0 Å². The summed E-state index contributed by atoms with van der Waals surface area (Å²) < 4.78 is 7.22. The lowest BCUT2D eigenvalue weighted by Gasteiger charge is -2.10. The Labute approximate surface area is 148 Å². The molecule has 0 spiro atoms. The number of H-pyrrole nitrogens is 1. The van der Waals surface area contributed by atoms with Crippen LogP contribution in [-0.4, -0.2) is 37.3 Å². The number of nitrogens with one attached hydrogen (secondary N) is 2. The Morgan fingerprint density at radius 1 is 1.27 bits per heavy atom. The minimum absolute atomic E-state index is 0.310. The molecule has 2 N–H and O–H groups in total. The van der Waals surface area contributed by atoms with E-state index in [0.29, 0.717) is 34.9 Å². The molecule has 3 aromatic heterocycles. The Morgan fingerprint density at radius 2 is 2.15 bits per heavy atom. The largest absolute Gasteiger partial charge is 0.493 e. The van der Waals surface area contributed by atoms with Crippen LogP contribution in [0.2, 0.25) is 0 Å². The molecular formula is C18H16N6O2. The van der Waals surface area contributed by atoms with E-state index in [-0.39, 0.29) is 5.91 Å². The second-order valence-electron chi connectivity index (χ2n) is 5.49. The van der Waals surface area contributed by atoms with Crippen LogP contribution in [0.1, 0.15) is 17.3 Å². The van der Waals surface area contributed by atoms with Gasteiger partial charge in [-0.2, -0.15) is 10.2 Å². The van der Waals surface area contributed by atoms with Crippen molar-refractivity contribution in [3.8, 4) is 17.0 Å². The van der Waals surface area contributed by atoms with Crippen LogP contribution < -0.4 is 10.1 Å². The highest BCUT2D eigenvalue weighted by molar-refractivity contribution is 6.09. The standard InChI is InChI=1S/C18H16N6O2/c1-2-26-15-7-4-3-6-12(15)16-14(11-20-23-16)22-18(25)13-10-21-24-9-5-8-19-17(13)24/h3-11H,2H2,1H3,(H,20,23)(H,22,25). The van der Waals surface area contributed by atoms with Crippen molar-refractivity contribution in [3.05, 3.63) is 60.7 Å². The zero-order valence-electron chi connectivity index (χ0n) is 14.0. The molecule has 1 aromatic carbocycles. The van der Waals surface area contributed by atoms with E-state index < -0.39 is 0 Å². The van der Waals surface area contributed by atoms with Crippen LogP contribution in [0.15, 0.2) is 55.1 Å². The molecule has 26 heavy (non-hydrogen) atoms. The average Bonchev–Trinajstić information content (AvgIpc) is 3.29. The van der Waals surface area contributed by atoms with Crippen molar-refractivity contribution < 1.29 is 9.53 Å². The topological polar surface area (TPSA) is 97.2 Å². The van der Waals surface area contributed by atoms with Crippen molar-refractivity contribution in [2.75, 3.05) is 11.9 Å². The van der Waals surface area contributed by atoms with E-state index in [1.54, 1.807) is 29.2 Å². The van der Waals surface area contributed by atoms with Crippen molar-refractivity contribution in [1.82, 2.24) is 24.8 Å². The quantitative estimate of drug-likeness (QED) is 0.578. The van der Waals surface area contributed by atoms with Gasteiger partial charge in [-0.25, -0.2) is 9.50 Å². The van der Waals surface area contributed by atoms with Gasteiger partial charge in [0.25, 0.3) is 5.91 Å². The maximum atomic E-state index is 12.7. The van der Waals surface area contributed by atoms with Gasteiger partial charge in [0.1, 0.15) is 11.3 Å². The first-order valence-corrected chi connectivity index (χ1v) is 8.13. The van der Waals surface area contributed by atoms with Gasteiger partial charge in [0.2, 0.25) is 0 Å². The smallest absolute Gasteiger partial charge is 0.261 e. The van der Waals surface area contributed by atoms with E-state index in [2.05, 4.69) is 25.6 Å². The minimum Gasteiger partial charge on any atom is -0.493 e. The third-order valence-corrected chi connectivity index (χ3v) is 3.87. The van der Waals surface area contributed by atoms with Crippen molar-refractivity contribution in [2.24, 2.45) is 0 Å². The van der Waals surface area contributed by atoms with Crippen LogP contribution >= 0.6 is 0 Å². The number of hydrogen-bond acceptors (Lipinski definition) is 5. The zero-order chi connectivity index (χ0) is 17.9. The van der Waals surface area contributed by atoms with Gasteiger partial charge in [-0.05, 0) is 25.1 Å². The molecule has 0 atom stereocenters. The molecule has 0 saturated carbocycles. The van der Waals surface area contributed by atoms with E-state index in [1.807, 2.05) is 31.2 Å². The number of aromatic amines is 1. The fraction of sp³-hybridized carbons (Fsp3) is 0.111. The Hall–Kier alpha value is -3.68. The zero-order valence-corrected chi connectivity index (χ0v) is 14.0. The number of carbonyl (C=O) groups is 1. The van der Waals surface area contributed by atoms with Crippen LogP contribution in [0.3, 0.4) is 0 Å². The maximum Gasteiger partial charge on any atom is 0.261 e. The number of amides is 1. The minimum atomic E-state index is -0.310. The predicted octanol–water partition coefficient (Wildman–Crippen LogP) is 2.77. The first-order valence-electron chi connectivity index (χ1n) is 8.13.